The van der Waals surface area contributed by atoms with E-state index in [1.54, 1.807) is 24.3 Å². The number of carbonyl (C=O) groups is 2. The van der Waals surface area contributed by atoms with Crippen molar-refractivity contribution >= 4 is 34.8 Å². The molecule has 2 amide bonds. The highest BCUT2D eigenvalue weighted by molar-refractivity contribution is 6.35. The average molecular weight is 462 g/mol. The van der Waals surface area contributed by atoms with Crippen LogP contribution in [-0.4, -0.2) is 25.4 Å². The zero-order valence-electron chi connectivity index (χ0n) is 19.1. The second-order valence-electron chi connectivity index (χ2n) is 8.47. The summed E-state index contributed by atoms with van der Waals surface area (Å²) in [5, 5.41) is 6.56. The third-order valence-electron chi connectivity index (χ3n) is 6.16. The molecule has 6 heteroatoms. The molecule has 4 rings (SSSR count). The number of rotatable bonds is 4. The maximum absolute atomic E-state index is 13.5. The van der Waals surface area contributed by atoms with Gasteiger partial charge in [0.2, 0.25) is 0 Å². The van der Waals surface area contributed by atoms with Crippen molar-refractivity contribution in [1.29, 1.82) is 0 Å². The molecule has 1 heterocycles. The quantitative estimate of drug-likeness (QED) is 0.507. The van der Waals surface area contributed by atoms with Crippen molar-refractivity contribution in [3.05, 3.63) is 93.5 Å². The van der Waals surface area contributed by atoms with Crippen LogP contribution in [-0.2, 0) is 0 Å². The Bertz CT molecular complexity index is 1210. The lowest BCUT2D eigenvalue weighted by Crippen LogP contribution is -2.32. The lowest BCUT2D eigenvalue weighted by atomic mass is 9.99. The van der Waals surface area contributed by atoms with E-state index < -0.39 is 0 Å². The predicted molar refractivity (Wildman–Crippen MR) is 134 cm³/mol. The number of fused-ring (bicyclic) bond motifs is 1. The number of benzene rings is 3. The number of hydrogen-bond acceptors (Lipinski definition) is 3. The van der Waals surface area contributed by atoms with Crippen LogP contribution in [0.5, 0.6) is 0 Å². The topological polar surface area (TPSA) is 61.4 Å². The molecule has 0 radical (unpaired) electrons. The normalized spacial score (nSPS) is 15.5. The third kappa shape index (κ3) is 4.80. The van der Waals surface area contributed by atoms with Crippen LogP contribution in [0.15, 0.2) is 60.7 Å². The van der Waals surface area contributed by atoms with Gasteiger partial charge in [0, 0.05) is 29.5 Å². The number of nitrogens with zero attached hydrogens (tertiary/aromatic N) is 1. The molecule has 3 aromatic rings. The van der Waals surface area contributed by atoms with Gasteiger partial charge in [-0.15, -0.1) is 0 Å². The van der Waals surface area contributed by atoms with Gasteiger partial charge < -0.3 is 15.5 Å². The van der Waals surface area contributed by atoms with Gasteiger partial charge in [0.25, 0.3) is 11.8 Å². The van der Waals surface area contributed by atoms with Gasteiger partial charge in [-0.05, 0) is 75.2 Å². The summed E-state index contributed by atoms with van der Waals surface area (Å²) in [7, 11) is 1.95. The fraction of sp³-hybridized carbons (Fsp3) is 0.259. The summed E-state index contributed by atoms with van der Waals surface area (Å²) < 4.78 is 0. The van der Waals surface area contributed by atoms with Crippen LogP contribution in [0.3, 0.4) is 0 Å². The van der Waals surface area contributed by atoms with E-state index in [0.717, 1.165) is 35.2 Å². The van der Waals surface area contributed by atoms with Crippen molar-refractivity contribution in [3.63, 3.8) is 0 Å². The molecule has 0 fully saturated rings. The van der Waals surface area contributed by atoms with Crippen molar-refractivity contribution in [1.82, 2.24) is 5.32 Å². The van der Waals surface area contributed by atoms with Gasteiger partial charge in [-0.2, -0.15) is 0 Å². The monoisotopic (exact) mass is 461 g/mol. The maximum Gasteiger partial charge on any atom is 0.259 e. The van der Waals surface area contributed by atoms with Gasteiger partial charge in [0.1, 0.15) is 0 Å². The molecule has 1 atom stereocenters. The van der Waals surface area contributed by atoms with Crippen LogP contribution in [0.1, 0.15) is 56.3 Å². The van der Waals surface area contributed by atoms with Gasteiger partial charge in [-0.25, -0.2) is 0 Å². The highest BCUT2D eigenvalue weighted by Gasteiger charge is 2.27. The van der Waals surface area contributed by atoms with Crippen LogP contribution in [0.4, 0.5) is 11.4 Å². The third-order valence-corrected chi connectivity index (χ3v) is 6.48. The van der Waals surface area contributed by atoms with E-state index in [1.165, 1.54) is 0 Å². The fourth-order valence-corrected chi connectivity index (χ4v) is 4.64. The van der Waals surface area contributed by atoms with E-state index in [-0.39, 0.29) is 17.9 Å². The first kappa shape index (κ1) is 23.0. The molecule has 2 N–H and O–H groups in total. The van der Waals surface area contributed by atoms with Gasteiger partial charge in [0.15, 0.2) is 0 Å². The molecule has 0 aliphatic carbocycles. The zero-order chi connectivity index (χ0) is 23.5. The largest absolute Gasteiger partial charge is 0.322 e. The minimum atomic E-state index is -0.210. The predicted octanol–water partition coefficient (Wildman–Crippen LogP) is 5.91. The number of amides is 2. The van der Waals surface area contributed by atoms with Crippen LogP contribution in [0.25, 0.3) is 0 Å². The lowest BCUT2D eigenvalue weighted by Gasteiger charge is -2.25. The Hall–Kier alpha value is -3.15. The molecule has 0 saturated heterocycles. The van der Waals surface area contributed by atoms with E-state index in [0.29, 0.717) is 28.4 Å². The van der Waals surface area contributed by atoms with E-state index >= 15 is 0 Å². The first-order valence-corrected chi connectivity index (χ1v) is 11.5. The van der Waals surface area contributed by atoms with Crippen LogP contribution in [0.2, 0.25) is 5.02 Å². The van der Waals surface area contributed by atoms with Crippen molar-refractivity contribution in [2.75, 3.05) is 23.8 Å². The van der Waals surface area contributed by atoms with Gasteiger partial charge in [-0.1, -0.05) is 47.5 Å². The summed E-state index contributed by atoms with van der Waals surface area (Å²) in [5.41, 5.74) is 5.66. The molecule has 3 aromatic carbocycles. The number of aryl methyl sites for hydroxylation is 2. The van der Waals surface area contributed by atoms with Gasteiger partial charge in [0.05, 0.1) is 10.6 Å². The zero-order valence-corrected chi connectivity index (χ0v) is 19.9. The molecule has 1 unspecified atom stereocenters. The minimum Gasteiger partial charge on any atom is -0.322 e. The molecule has 5 nitrogen and oxygen atoms in total. The standard InChI is InChI=1S/C27H28ClN3O2/c1-17-10-13-25-22(15-17)24(29-3)9-6-14-31(25)27(33)21-12-11-19(16-23(21)28)30-26(32)20-8-5-4-7-18(20)2/h4-5,7-8,10-13,15-16,24,29H,6,9,14H2,1-3H3,(H,30,32). The van der Waals surface area contributed by atoms with Crippen LogP contribution >= 0.6 is 11.6 Å². The van der Waals surface area contributed by atoms with Crippen molar-refractivity contribution in [3.8, 4) is 0 Å². The Morgan fingerprint density at radius 1 is 1.00 bits per heavy atom. The summed E-state index contributed by atoms with van der Waals surface area (Å²) in [6.07, 6.45) is 1.83. The van der Waals surface area contributed by atoms with E-state index in [9.17, 15) is 9.59 Å². The summed E-state index contributed by atoms with van der Waals surface area (Å²) in [4.78, 5) is 28.0. The first-order chi connectivity index (χ1) is 15.9. The Morgan fingerprint density at radius 3 is 2.52 bits per heavy atom. The van der Waals surface area contributed by atoms with E-state index in [1.807, 2.05) is 49.2 Å². The molecule has 0 aromatic heterocycles. The van der Waals surface area contributed by atoms with Crippen LogP contribution < -0.4 is 15.5 Å². The number of nitrogens with one attached hydrogen (secondary N) is 2. The number of carbonyl (C=O) groups excluding carboxylic acids is 2. The Balaban J connectivity index is 1.60. The van der Waals surface area contributed by atoms with Gasteiger partial charge in [-0.3, -0.25) is 9.59 Å². The number of halogens is 1. The summed E-state index contributed by atoms with van der Waals surface area (Å²) >= 11 is 6.54. The second-order valence-corrected chi connectivity index (χ2v) is 8.87. The van der Waals surface area contributed by atoms with E-state index in [4.69, 9.17) is 11.6 Å². The smallest absolute Gasteiger partial charge is 0.259 e. The summed E-state index contributed by atoms with van der Waals surface area (Å²) in [5.74, 6) is -0.350. The Kier molecular flexibility index (Phi) is 6.82. The lowest BCUT2D eigenvalue weighted by molar-refractivity contribution is 0.0986. The molecular formula is C27H28ClN3O2. The number of anilines is 2. The molecule has 0 spiro atoms. The van der Waals surface area contributed by atoms with Crippen molar-refractivity contribution in [2.24, 2.45) is 0 Å². The minimum absolute atomic E-state index is 0.140. The summed E-state index contributed by atoms with van der Waals surface area (Å²) in [6, 6.07) is 18.8. The second kappa shape index (κ2) is 9.77. The molecule has 170 valence electrons. The maximum atomic E-state index is 13.5. The number of hydrogen-bond donors (Lipinski definition) is 2. The van der Waals surface area contributed by atoms with E-state index in [2.05, 4.69) is 23.6 Å². The van der Waals surface area contributed by atoms with Crippen molar-refractivity contribution < 1.29 is 9.59 Å². The SMILES string of the molecule is CNC1CCCN(C(=O)c2ccc(NC(=O)c3ccccc3C)cc2Cl)c2ccc(C)cc21. The van der Waals surface area contributed by atoms with Crippen LogP contribution in [0, 0.1) is 13.8 Å². The molecule has 33 heavy (non-hydrogen) atoms. The molecule has 0 bridgehead atoms. The Morgan fingerprint density at radius 2 is 1.79 bits per heavy atom. The highest BCUT2D eigenvalue weighted by Crippen LogP contribution is 2.35. The average Bonchev–Trinajstić information content (AvgIpc) is 2.98. The fourth-order valence-electron chi connectivity index (χ4n) is 4.38. The molecule has 0 saturated carbocycles. The molecule has 1 aliphatic rings. The molecular weight excluding hydrogens is 434 g/mol. The summed E-state index contributed by atoms with van der Waals surface area (Å²) in [6.45, 7) is 4.57. The highest BCUT2D eigenvalue weighted by atomic mass is 35.5. The first-order valence-electron chi connectivity index (χ1n) is 11.1. The Labute approximate surface area is 199 Å². The van der Waals surface area contributed by atoms with Gasteiger partial charge >= 0.3 is 0 Å². The van der Waals surface area contributed by atoms with Crippen molar-refractivity contribution in [2.45, 2.75) is 32.7 Å². The molecule has 1 aliphatic heterocycles.